The zero-order valence-corrected chi connectivity index (χ0v) is 9.48. The quantitative estimate of drug-likeness (QED) is 0.519. The molecule has 0 bridgehead atoms. The van der Waals surface area contributed by atoms with Crippen molar-refractivity contribution in [3.8, 4) is 0 Å². The number of nitrogens with zero attached hydrogens (tertiary/aromatic N) is 3. The number of guanidine groups is 1. The number of aliphatic imine (C=N–C) groups is 1. The molecule has 1 aromatic rings. The van der Waals surface area contributed by atoms with Gasteiger partial charge in [0.1, 0.15) is 12.2 Å². The zero-order valence-electron chi connectivity index (χ0n) is 9.48. The first-order chi connectivity index (χ1) is 7.75. The monoisotopic (exact) mass is 222 g/mol. The first kappa shape index (κ1) is 10.9. The van der Waals surface area contributed by atoms with Crippen LogP contribution in [-0.4, -0.2) is 27.2 Å². The molecule has 1 aliphatic carbocycles. The van der Waals surface area contributed by atoms with Gasteiger partial charge >= 0.3 is 0 Å². The molecule has 4 N–H and O–H groups in total. The molecular weight excluding hydrogens is 204 g/mol. The molecule has 6 heteroatoms. The summed E-state index contributed by atoms with van der Waals surface area (Å²) in [5, 5.41) is 9.70. The highest BCUT2D eigenvalue weighted by molar-refractivity contribution is 5.78. The summed E-state index contributed by atoms with van der Waals surface area (Å²) >= 11 is 0. The number of hydrogen-bond acceptors (Lipinski definition) is 3. The molecule has 1 aromatic heterocycles. The number of hydrogen-bond donors (Lipinski definition) is 3. The Balaban J connectivity index is 1.88. The lowest BCUT2D eigenvalue weighted by molar-refractivity contribution is 0.643. The molecule has 0 aliphatic heterocycles. The molecule has 1 heterocycles. The molecule has 16 heavy (non-hydrogen) atoms. The van der Waals surface area contributed by atoms with Gasteiger partial charge in [0.25, 0.3) is 0 Å². The van der Waals surface area contributed by atoms with Crippen molar-refractivity contribution in [1.82, 2.24) is 20.5 Å². The summed E-state index contributed by atoms with van der Waals surface area (Å²) in [6.45, 7) is 1.97. The van der Waals surface area contributed by atoms with E-state index in [0.717, 1.165) is 18.7 Å². The van der Waals surface area contributed by atoms with Crippen LogP contribution in [0, 0.1) is 0 Å². The fourth-order valence-corrected chi connectivity index (χ4v) is 1.98. The van der Waals surface area contributed by atoms with Gasteiger partial charge in [-0.1, -0.05) is 12.8 Å². The normalized spacial score (nSPS) is 19.9. The zero-order chi connectivity index (χ0) is 11.4. The Kier molecular flexibility index (Phi) is 3.38. The molecule has 2 rings (SSSR count). The summed E-state index contributed by atoms with van der Waals surface area (Å²) in [6, 6.07) is 0.405. The summed E-state index contributed by atoms with van der Waals surface area (Å²) < 4.78 is 0. The fraction of sp³-hybridized carbons (Fsp3) is 0.700. The van der Waals surface area contributed by atoms with Gasteiger partial charge in [0, 0.05) is 0 Å². The van der Waals surface area contributed by atoms with E-state index in [0.29, 0.717) is 12.0 Å². The number of aromatic nitrogens is 3. The van der Waals surface area contributed by atoms with E-state index in [9.17, 15) is 0 Å². The molecule has 0 amide bonds. The lowest BCUT2D eigenvalue weighted by Gasteiger charge is -2.13. The predicted octanol–water partition coefficient (Wildman–Crippen LogP) is 0.713. The van der Waals surface area contributed by atoms with Gasteiger partial charge in [0.15, 0.2) is 5.96 Å². The number of rotatable bonds is 3. The van der Waals surface area contributed by atoms with Crippen LogP contribution in [-0.2, 0) is 0 Å². The highest BCUT2D eigenvalue weighted by atomic mass is 15.2. The Morgan fingerprint density at radius 3 is 3.00 bits per heavy atom. The van der Waals surface area contributed by atoms with Gasteiger partial charge in [-0.25, -0.2) is 4.98 Å². The summed E-state index contributed by atoms with van der Waals surface area (Å²) in [5.74, 6) is 1.26. The Morgan fingerprint density at radius 1 is 1.62 bits per heavy atom. The first-order valence-corrected chi connectivity index (χ1v) is 5.71. The molecule has 1 saturated carbocycles. The lowest BCUT2D eigenvalue weighted by atomic mass is 10.3. The van der Waals surface area contributed by atoms with Crippen molar-refractivity contribution < 1.29 is 0 Å². The van der Waals surface area contributed by atoms with Crippen molar-refractivity contribution in [2.75, 3.05) is 0 Å². The lowest BCUT2D eigenvalue weighted by Crippen LogP contribution is -2.35. The summed E-state index contributed by atoms with van der Waals surface area (Å²) in [4.78, 5) is 8.51. The van der Waals surface area contributed by atoms with Crippen molar-refractivity contribution in [2.45, 2.75) is 44.7 Å². The van der Waals surface area contributed by atoms with Gasteiger partial charge in [-0.3, -0.25) is 10.1 Å². The van der Waals surface area contributed by atoms with E-state index in [1.165, 1.54) is 19.2 Å². The topological polar surface area (TPSA) is 92.0 Å². The number of H-pyrrole nitrogens is 1. The van der Waals surface area contributed by atoms with E-state index in [1.54, 1.807) is 0 Å². The highest BCUT2D eigenvalue weighted by Crippen LogP contribution is 2.20. The van der Waals surface area contributed by atoms with Gasteiger partial charge in [-0.15, -0.1) is 0 Å². The minimum Gasteiger partial charge on any atom is -0.370 e. The highest BCUT2D eigenvalue weighted by Gasteiger charge is 2.15. The first-order valence-electron chi connectivity index (χ1n) is 5.71. The minimum atomic E-state index is 0.00709. The summed E-state index contributed by atoms with van der Waals surface area (Å²) in [7, 11) is 0. The van der Waals surface area contributed by atoms with Crippen LogP contribution >= 0.6 is 0 Å². The molecule has 0 saturated heterocycles. The van der Waals surface area contributed by atoms with Crippen molar-refractivity contribution >= 4 is 5.96 Å². The van der Waals surface area contributed by atoms with Crippen LogP contribution in [0.1, 0.15) is 44.5 Å². The molecule has 1 unspecified atom stereocenters. The third-order valence-electron chi connectivity index (χ3n) is 2.85. The molecular formula is C10H18N6. The SMILES string of the molecule is CC(NC(N)=NC1CCCC1)c1ncn[nH]1. The minimum absolute atomic E-state index is 0.00709. The third kappa shape index (κ3) is 2.71. The molecule has 1 fully saturated rings. The van der Waals surface area contributed by atoms with Crippen molar-refractivity contribution in [1.29, 1.82) is 0 Å². The molecule has 1 aliphatic rings. The van der Waals surface area contributed by atoms with Crippen LogP contribution in [0.15, 0.2) is 11.3 Å². The van der Waals surface area contributed by atoms with E-state index in [4.69, 9.17) is 5.73 Å². The van der Waals surface area contributed by atoms with Crippen molar-refractivity contribution in [2.24, 2.45) is 10.7 Å². The fourth-order valence-electron chi connectivity index (χ4n) is 1.98. The van der Waals surface area contributed by atoms with Crippen molar-refractivity contribution in [3.63, 3.8) is 0 Å². The van der Waals surface area contributed by atoms with Crippen LogP contribution in [0.3, 0.4) is 0 Å². The summed E-state index contributed by atoms with van der Waals surface area (Å²) in [5.41, 5.74) is 5.84. The van der Waals surface area contributed by atoms with E-state index >= 15 is 0 Å². The van der Waals surface area contributed by atoms with Crippen molar-refractivity contribution in [3.05, 3.63) is 12.2 Å². The molecule has 0 spiro atoms. The number of nitrogens with one attached hydrogen (secondary N) is 2. The maximum atomic E-state index is 5.84. The molecule has 6 nitrogen and oxygen atoms in total. The maximum Gasteiger partial charge on any atom is 0.189 e. The molecule has 0 aromatic carbocycles. The largest absolute Gasteiger partial charge is 0.370 e. The molecule has 0 radical (unpaired) electrons. The third-order valence-corrected chi connectivity index (χ3v) is 2.85. The van der Waals surface area contributed by atoms with Gasteiger partial charge in [0.05, 0.1) is 12.1 Å². The summed E-state index contributed by atoms with van der Waals surface area (Å²) in [6.07, 6.45) is 6.31. The second kappa shape index (κ2) is 4.96. The van der Waals surface area contributed by atoms with Gasteiger partial charge < -0.3 is 11.1 Å². The number of nitrogens with two attached hydrogens (primary N) is 1. The Hall–Kier alpha value is -1.59. The Morgan fingerprint density at radius 2 is 2.38 bits per heavy atom. The molecule has 88 valence electrons. The Labute approximate surface area is 94.7 Å². The van der Waals surface area contributed by atoms with E-state index in [1.807, 2.05) is 6.92 Å². The van der Waals surface area contributed by atoms with E-state index < -0.39 is 0 Å². The average molecular weight is 222 g/mol. The standard InChI is InChI=1S/C10H18N6/c1-7(9-12-6-13-16-9)14-10(11)15-8-4-2-3-5-8/h6-8H,2-5H2,1H3,(H3,11,14,15)(H,12,13,16). The Bertz CT molecular complexity index is 338. The van der Waals surface area contributed by atoms with Gasteiger partial charge in [-0.05, 0) is 19.8 Å². The van der Waals surface area contributed by atoms with E-state index in [2.05, 4.69) is 25.5 Å². The van der Waals surface area contributed by atoms with E-state index in [-0.39, 0.29) is 6.04 Å². The second-order valence-corrected chi connectivity index (χ2v) is 4.19. The number of aromatic amines is 1. The predicted molar refractivity (Wildman–Crippen MR) is 61.8 cm³/mol. The van der Waals surface area contributed by atoms with Gasteiger partial charge in [-0.2, -0.15) is 5.10 Å². The van der Waals surface area contributed by atoms with Crippen LogP contribution in [0.4, 0.5) is 0 Å². The average Bonchev–Trinajstić information content (AvgIpc) is 2.88. The second-order valence-electron chi connectivity index (χ2n) is 4.19. The smallest absolute Gasteiger partial charge is 0.189 e. The maximum absolute atomic E-state index is 5.84. The van der Waals surface area contributed by atoms with Crippen LogP contribution in [0.5, 0.6) is 0 Å². The van der Waals surface area contributed by atoms with Gasteiger partial charge in [0.2, 0.25) is 0 Å². The van der Waals surface area contributed by atoms with Crippen LogP contribution in [0.2, 0.25) is 0 Å². The molecule has 1 atom stereocenters. The van der Waals surface area contributed by atoms with Crippen LogP contribution in [0.25, 0.3) is 0 Å². The van der Waals surface area contributed by atoms with Crippen LogP contribution < -0.4 is 11.1 Å².